The molecule has 0 aromatic heterocycles. The van der Waals surface area contributed by atoms with E-state index >= 15 is 0 Å². The van der Waals surface area contributed by atoms with E-state index in [1.807, 2.05) is 55.5 Å². The van der Waals surface area contributed by atoms with E-state index in [9.17, 15) is 14.4 Å². The van der Waals surface area contributed by atoms with Gasteiger partial charge in [0.2, 0.25) is 0 Å². The molecule has 186 valence electrons. The van der Waals surface area contributed by atoms with Gasteiger partial charge in [0.1, 0.15) is 6.61 Å². The number of halogens is 1. The number of hydrogen-bond donors (Lipinski definition) is 1. The average Bonchev–Trinajstić information content (AvgIpc) is 3.49. The van der Waals surface area contributed by atoms with Crippen LogP contribution in [0.2, 0.25) is 0 Å². The highest BCUT2D eigenvalue weighted by Gasteiger charge is 2.56. The second-order valence-corrected chi connectivity index (χ2v) is 9.20. The summed E-state index contributed by atoms with van der Waals surface area (Å²) in [6.45, 7) is 5.63. The maximum atomic E-state index is 12.5. The van der Waals surface area contributed by atoms with Crippen LogP contribution in [-0.2, 0) is 35.9 Å². The van der Waals surface area contributed by atoms with Gasteiger partial charge in [-0.3, -0.25) is 14.6 Å². The van der Waals surface area contributed by atoms with Gasteiger partial charge in [0.25, 0.3) is 0 Å². The van der Waals surface area contributed by atoms with Gasteiger partial charge in [-0.05, 0) is 49.9 Å². The molecule has 0 bridgehead atoms. The molecule has 0 aliphatic heterocycles. The molecule has 1 saturated carbocycles. The number of alkyl carbamates (subject to hydrolysis) is 1. The second kappa shape index (κ2) is 12.0. The van der Waals surface area contributed by atoms with Gasteiger partial charge in [-0.25, -0.2) is 4.79 Å². The fraction of sp³-hybridized carbons (Fsp3) is 0.385. The van der Waals surface area contributed by atoms with Crippen molar-refractivity contribution >= 4 is 45.9 Å². The van der Waals surface area contributed by atoms with E-state index in [-0.39, 0.29) is 24.6 Å². The lowest BCUT2D eigenvalue weighted by Crippen LogP contribution is -2.37. The maximum Gasteiger partial charge on any atom is 0.408 e. The zero-order valence-corrected chi connectivity index (χ0v) is 21.5. The van der Waals surface area contributed by atoms with Crippen molar-refractivity contribution in [2.45, 2.75) is 44.2 Å². The van der Waals surface area contributed by atoms with Crippen molar-refractivity contribution in [2.24, 2.45) is 10.9 Å². The molecule has 0 spiro atoms. The molecule has 0 saturated heterocycles. The Kier molecular flexibility index (Phi) is 9.03. The van der Waals surface area contributed by atoms with Crippen molar-refractivity contribution in [3.8, 4) is 0 Å². The van der Waals surface area contributed by atoms with E-state index in [1.165, 1.54) is 6.21 Å². The Labute approximate surface area is 213 Å². The average molecular weight is 545 g/mol. The van der Waals surface area contributed by atoms with Crippen molar-refractivity contribution in [1.82, 2.24) is 5.32 Å². The molecule has 1 aliphatic carbocycles. The van der Waals surface area contributed by atoms with Crippen LogP contribution in [0.25, 0.3) is 0 Å². The summed E-state index contributed by atoms with van der Waals surface area (Å²) in [6.07, 6.45) is 1.40. The Morgan fingerprint density at radius 2 is 1.71 bits per heavy atom. The van der Waals surface area contributed by atoms with Gasteiger partial charge in [-0.1, -0.05) is 58.4 Å². The van der Waals surface area contributed by atoms with E-state index in [1.54, 1.807) is 13.8 Å². The third-order valence-corrected chi connectivity index (χ3v) is 6.69. The van der Waals surface area contributed by atoms with Crippen LogP contribution in [0.15, 0.2) is 53.5 Å². The SMILES string of the molecule is CCOC(=O)C(C=Nc1cc(C2(NC(=O)OCc3ccccc3)CC2Br)ccc1C)C(=O)OCC. The van der Waals surface area contributed by atoms with Crippen molar-refractivity contribution < 1.29 is 28.6 Å². The zero-order valence-electron chi connectivity index (χ0n) is 20.0. The number of carbonyl (C=O) groups is 3. The van der Waals surface area contributed by atoms with Gasteiger partial charge < -0.3 is 19.5 Å². The van der Waals surface area contributed by atoms with E-state index in [0.717, 1.165) is 16.7 Å². The smallest absolute Gasteiger partial charge is 0.408 e. The minimum Gasteiger partial charge on any atom is -0.465 e. The van der Waals surface area contributed by atoms with Gasteiger partial charge in [-0.15, -0.1) is 0 Å². The topological polar surface area (TPSA) is 103 Å². The summed E-state index contributed by atoms with van der Waals surface area (Å²) in [7, 11) is 0. The minimum absolute atomic E-state index is 0.0191. The molecule has 2 atom stereocenters. The molecule has 2 unspecified atom stereocenters. The first-order valence-corrected chi connectivity index (χ1v) is 12.3. The Bertz CT molecular complexity index is 1070. The van der Waals surface area contributed by atoms with Crippen molar-refractivity contribution in [3.05, 3.63) is 65.2 Å². The molecule has 2 aromatic carbocycles. The van der Waals surface area contributed by atoms with E-state index in [0.29, 0.717) is 12.1 Å². The Morgan fingerprint density at radius 1 is 1.09 bits per heavy atom. The third-order valence-electron chi connectivity index (χ3n) is 5.58. The number of esters is 2. The summed E-state index contributed by atoms with van der Waals surface area (Å²) in [5.74, 6) is -2.70. The van der Waals surface area contributed by atoms with E-state index < -0.39 is 29.5 Å². The summed E-state index contributed by atoms with van der Waals surface area (Å²) in [4.78, 5) is 41.5. The summed E-state index contributed by atoms with van der Waals surface area (Å²) < 4.78 is 15.4. The lowest BCUT2D eigenvalue weighted by Gasteiger charge is -2.20. The minimum atomic E-state index is -1.26. The number of amides is 1. The quantitative estimate of drug-likeness (QED) is 0.152. The van der Waals surface area contributed by atoms with Crippen molar-refractivity contribution in [2.75, 3.05) is 13.2 Å². The predicted octanol–water partition coefficient (Wildman–Crippen LogP) is 4.73. The number of nitrogens with one attached hydrogen (secondary N) is 1. The standard InChI is InChI=1S/C26H29BrN2O6/c1-4-33-23(30)20(24(31)34-5-2)15-28-21-13-19(12-11-17(21)3)26(14-22(26)27)29-25(32)35-16-18-9-7-6-8-10-18/h6-13,15,20,22H,4-5,14,16H2,1-3H3,(H,29,32). The molecule has 8 nitrogen and oxygen atoms in total. The van der Waals surface area contributed by atoms with E-state index in [4.69, 9.17) is 14.2 Å². The fourth-order valence-electron chi connectivity index (χ4n) is 3.53. The molecule has 9 heteroatoms. The normalized spacial score (nSPS) is 18.8. The summed E-state index contributed by atoms with van der Waals surface area (Å²) in [5.41, 5.74) is 2.48. The van der Waals surface area contributed by atoms with Crippen LogP contribution in [0, 0.1) is 12.8 Å². The van der Waals surface area contributed by atoms with Crippen molar-refractivity contribution in [1.29, 1.82) is 0 Å². The van der Waals surface area contributed by atoms with Crippen LogP contribution in [0.1, 0.15) is 37.0 Å². The first-order chi connectivity index (χ1) is 16.8. The third kappa shape index (κ3) is 6.69. The summed E-state index contributed by atoms with van der Waals surface area (Å²) >= 11 is 3.61. The second-order valence-electron chi connectivity index (χ2n) is 8.09. The first kappa shape index (κ1) is 26.4. The van der Waals surface area contributed by atoms with Crippen LogP contribution < -0.4 is 5.32 Å². The van der Waals surface area contributed by atoms with E-state index in [2.05, 4.69) is 26.2 Å². The molecule has 1 aliphatic rings. The van der Waals surface area contributed by atoms with Gasteiger partial charge in [0.05, 0.1) is 24.4 Å². The molecule has 35 heavy (non-hydrogen) atoms. The van der Waals surface area contributed by atoms with Crippen LogP contribution in [0.5, 0.6) is 0 Å². The Morgan fingerprint density at radius 3 is 2.29 bits per heavy atom. The number of benzene rings is 2. The molecule has 1 fully saturated rings. The first-order valence-electron chi connectivity index (χ1n) is 11.4. The van der Waals surface area contributed by atoms with Gasteiger partial charge >= 0.3 is 18.0 Å². The monoisotopic (exact) mass is 544 g/mol. The number of ether oxygens (including phenoxy) is 3. The molecule has 3 rings (SSSR count). The van der Waals surface area contributed by atoms with Crippen LogP contribution in [0.4, 0.5) is 10.5 Å². The van der Waals surface area contributed by atoms with Crippen LogP contribution in [-0.4, -0.2) is 42.3 Å². The number of alkyl halides is 1. The zero-order chi connectivity index (χ0) is 25.4. The molecular formula is C26H29BrN2O6. The highest BCUT2D eigenvalue weighted by Crippen LogP contribution is 2.51. The van der Waals surface area contributed by atoms with Gasteiger partial charge in [0, 0.05) is 11.0 Å². The largest absolute Gasteiger partial charge is 0.465 e. The number of rotatable bonds is 10. The molecule has 2 aromatic rings. The lowest BCUT2D eigenvalue weighted by molar-refractivity contribution is -0.157. The van der Waals surface area contributed by atoms with Crippen LogP contribution >= 0.6 is 15.9 Å². The highest BCUT2D eigenvalue weighted by molar-refractivity contribution is 9.09. The number of aliphatic imine (C=N–C) groups is 1. The van der Waals surface area contributed by atoms with Gasteiger partial charge in [-0.2, -0.15) is 0 Å². The molecule has 0 radical (unpaired) electrons. The van der Waals surface area contributed by atoms with Gasteiger partial charge in [0.15, 0.2) is 5.92 Å². The number of hydrogen-bond acceptors (Lipinski definition) is 7. The predicted molar refractivity (Wildman–Crippen MR) is 135 cm³/mol. The molecular weight excluding hydrogens is 516 g/mol. The van der Waals surface area contributed by atoms with Crippen LogP contribution in [0.3, 0.4) is 0 Å². The lowest BCUT2D eigenvalue weighted by atomic mass is 10.0. The Balaban J connectivity index is 1.77. The Hall–Kier alpha value is -3.20. The maximum absolute atomic E-state index is 12.5. The summed E-state index contributed by atoms with van der Waals surface area (Å²) in [5, 5.41) is 2.98. The fourth-order valence-corrected chi connectivity index (χ4v) is 4.42. The molecule has 1 N–H and O–H groups in total. The molecule has 0 heterocycles. The number of nitrogens with zero attached hydrogens (tertiary/aromatic N) is 1. The highest BCUT2D eigenvalue weighted by atomic mass is 79.9. The molecule has 1 amide bonds. The number of aryl methyl sites for hydroxylation is 1. The van der Waals surface area contributed by atoms with Crippen molar-refractivity contribution in [3.63, 3.8) is 0 Å². The number of carbonyl (C=O) groups excluding carboxylic acids is 3. The summed E-state index contributed by atoms with van der Waals surface area (Å²) in [6, 6.07) is 15.1.